The van der Waals surface area contributed by atoms with Crippen LogP contribution in [0.2, 0.25) is 0 Å². The van der Waals surface area contributed by atoms with Gasteiger partial charge in [0.05, 0.1) is 12.8 Å². The van der Waals surface area contributed by atoms with Crippen molar-refractivity contribution < 1.29 is 9.47 Å². The summed E-state index contributed by atoms with van der Waals surface area (Å²) in [5.41, 5.74) is 4.24. The fourth-order valence-corrected chi connectivity index (χ4v) is 2.39. The Morgan fingerprint density at radius 3 is 2.55 bits per heavy atom. The van der Waals surface area contributed by atoms with Crippen molar-refractivity contribution in [1.29, 1.82) is 0 Å². The number of aromatic amines is 1. The van der Waals surface area contributed by atoms with Crippen LogP contribution in [0, 0.1) is 18.5 Å². The van der Waals surface area contributed by atoms with Crippen molar-refractivity contribution >= 4 is 12.2 Å². The molecule has 1 aromatic heterocycles. The van der Waals surface area contributed by atoms with Crippen LogP contribution in [0.3, 0.4) is 0 Å². The van der Waals surface area contributed by atoms with E-state index in [2.05, 4.69) is 16.0 Å². The minimum absolute atomic E-state index is 0.408. The van der Waals surface area contributed by atoms with Crippen LogP contribution in [-0.2, 0) is 11.3 Å². The van der Waals surface area contributed by atoms with Crippen LogP contribution in [-0.4, -0.2) is 24.2 Å². The fourth-order valence-electron chi connectivity index (χ4n) is 2.16. The average Bonchev–Trinajstić information content (AvgIpc) is 2.40. The van der Waals surface area contributed by atoms with E-state index in [0.717, 1.165) is 34.0 Å². The van der Waals surface area contributed by atoms with E-state index in [1.807, 2.05) is 26.0 Å². The SMILES string of the molecule is COCc1nc(=S)cc(-c2cc(C)c(OC)cc2C)[nH]1. The first-order chi connectivity index (χ1) is 9.55. The number of aromatic nitrogens is 2. The Morgan fingerprint density at radius 1 is 1.15 bits per heavy atom. The van der Waals surface area contributed by atoms with Gasteiger partial charge in [0, 0.05) is 12.7 Å². The number of benzene rings is 1. The van der Waals surface area contributed by atoms with E-state index < -0.39 is 0 Å². The molecule has 0 atom stereocenters. The van der Waals surface area contributed by atoms with Gasteiger partial charge in [0.1, 0.15) is 22.8 Å². The molecule has 1 aromatic carbocycles. The van der Waals surface area contributed by atoms with E-state index in [1.165, 1.54) is 0 Å². The number of methoxy groups -OCH3 is 2. The Labute approximate surface area is 123 Å². The number of rotatable bonds is 4. The van der Waals surface area contributed by atoms with E-state index in [-0.39, 0.29) is 0 Å². The van der Waals surface area contributed by atoms with Gasteiger partial charge in [-0.2, -0.15) is 0 Å². The van der Waals surface area contributed by atoms with Crippen molar-refractivity contribution in [3.05, 3.63) is 39.8 Å². The number of nitrogens with zero attached hydrogens (tertiary/aromatic N) is 1. The summed E-state index contributed by atoms with van der Waals surface area (Å²) in [5, 5.41) is 0. The van der Waals surface area contributed by atoms with Crippen molar-refractivity contribution in [1.82, 2.24) is 9.97 Å². The van der Waals surface area contributed by atoms with Crippen LogP contribution >= 0.6 is 12.2 Å². The molecule has 0 radical (unpaired) electrons. The number of aryl methyl sites for hydroxylation is 2. The molecule has 0 bridgehead atoms. The van der Waals surface area contributed by atoms with Crippen LogP contribution in [0.25, 0.3) is 11.3 Å². The van der Waals surface area contributed by atoms with Crippen molar-refractivity contribution in [2.45, 2.75) is 20.5 Å². The highest BCUT2D eigenvalue weighted by molar-refractivity contribution is 7.71. The molecule has 0 amide bonds. The quantitative estimate of drug-likeness (QED) is 0.874. The van der Waals surface area contributed by atoms with Gasteiger partial charge in [0.25, 0.3) is 0 Å². The molecule has 0 aliphatic carbocycles. The van der Waals surface area contributed by atoms with Gasteiger partial charge in [-0.1, -0.05) is 12.2 Å². The highest BCUT2D eigenvalue weighted by atomic mass is 32.1. The third-order valence-electron chi connectivity index (χ3n) is 3.11. The van der Waals surface area contributed by atoms with Crippen LogP contribution in [0.1, 0.15) is 17.0 Å². The molecule has 0 spiro atoms. The van der Waals surface area contributed by atoms with E-state index in [4.69, 9.17) is 21.7 Å². The molecule has 0 aliphatic rings. The maximum atomic E-state index is 5.34. The fraction of sp³-hybridized carbons (Fsp3) is 0.333. The predicted octanol–water partition coefficient (Wildman–Crippen LogP) is 3.58. The largest absolute Gasteiger partial charge is 0.496 e. The molecule has 4 nitrogen and oxygen atoms in total. The molecule has 5 heteroatoms. The smallest absolute Gasteiger partial charge is 0.134 e. The first-order valence-electron chi connectivity index (χ1n) is 6.30. The third-order valence-corrected chi connectivity index (χ3v) is 3.31. The molecule has 1 heterocycles. The van der Waals surface area contributed by atoms with Crippen LogP contribution in [0.4, 0.5) is 0 Å². The Morgan fingerprint density at radius 2 is 1.90 bits per heavy atom. The summed E-state index contributed by atoms with van der Waals surface area (Å²) in [6.07, 6.45) is 0. The first kappa shape index (κ1) is 14.7. The van der Waals surface area contributed by atoms with Gasteiger partial charge in [-0.05, 0) is 43.2 Å². The van der Waals surface area contributed by atoms with E-state index in [9.17, 15) is 0 Å². The van der Waals surface area contributed by atoms with Gasteiger partial charge < -0.3 is 14.5 Å². The summed E-state index contributed by atoms with van der Waals surface area (Å²) in [5.74, 6) is 1.61. The Kier molecular flexibility index (Phi) is 4.52. The zero-order chi connectivity index (χ0) is 14.7. The highest BCUT2D eigenvalue weighted by Crippen LogP contribution is 2.29. The van der Waals surface area contributed by atoms with Gasteiger partial charge in [0.2, 0.25) is 0 Å². The molecule has 2 rings (SSSR count). The number of ether oxygens (including phenoxy) is 2. The lowest BCUT2D eigenvalue weighted by molar-refractivity contribution is 0.177. The zero-order valence-electron chi connectivity index (χ0n) is 12.1. The second-order valence-electron chi connectivity index (χ2n) is 4.65. The molecule has 1 N–H and O–H groups in total. The lowest BCUT2D eigenvalue weighted by atomic mass is 10.0. The lowest BCUT2D eigenvalue weighted by Gasteiger charge is -2.12. The molecular formula is C15H18N2O2S. The maximum Gasteiger partial charge on any atom is 0.134 e. The zero-order valence-corrected chi connectivity index (χ0v) is 12.9. The minimum Gasteiger partial charge on any atom is -0.496 e. The molecular weight excluding hydrogens is 272 g/mol. The highest BCUT2D eigenvalue weighted by Gasteiger charge is 2.09. The predicted molar refractivity (Wildman–Crippen MR) is 81.6 cm³/mol. The molecule has 0 saturated heterocycles. The van der Waals surface area contributed by atoms with Gasteiger partial charge in [-0.15, -0.1) is 0 Å². The summed E-state index contributed by atoms with van der Waals surface area (Å²) in [6.45, 7) is 4.48. The molecule has 20 heavy (non-hydrogen) atoms. The lowest BCUT2D eigenvalue weighted by Crippen LogP contribution is -2.00. The first-order valence-corrected chi connectivity index (χ1v) is 6.70. The summed E-state index contributed by atoms with van der Waals surface area (Å²) < 4.78 is 11.0. The second-order valence-corrected chi connectivity index (χ2v) is 5.07. The van der Waals surface area contributed by atoms with Crippen LogP contribution in [0.5, 0.6) is 5.75 Å². The molecule has 0 aliphatic heterocycles. The normalized spacial score (nSPS) is 10.6. The van der Waals surface area contributed by atoms with Crippen molar-refractivity contribution in [3.63, 3.8) is 0 Å². The Hall–Kier alpha value is -1.72. The standard InChI is InChI=1S/C15H18N2O2S/c1-9-6-13(19-4)10(2)5-11(9)12-7-15(20)17-14(16-12)8-18-3/h5-7H,8H2,1-4H3,(H,16,17,20). The van der Waals surface area contributed by atoms with Gasteiger partial charge >= 0.3 is 0 Å². The molecule has 0 fully saturated rings. The summed E-state index contributed by atoms with van der Waals surface area (Å²) in [4.78, 5) is 7.51. The van der Waals surface area contributed by atoms with E-state index >= 15 is 0 Å². The third kappa shape index (κ3) is 3.05. The van der Waals surface area contributed by atoms with E-state index in [1.54, 1.807) is 14.2 Å². The average molecular weight is 290 g/mol. The second kappa shape index (κ2) is 6.15. The number of H-pyrrole nitrogens is 1. The minimum atomic E-state index is 0.408. The van der Waals surface area contributed by atoms with Crippen LogP contribution < -0.4 is 4.74 Å². The molecule has 0 unspecified atom stereocenters. The molecule has 106 valence electrons. The van der Waals surface area contributed by atoms with Gasteiger partial charge in [0.15, 0.2) is 0 Å². The van der Waals surface area contributed by atoms with E-state index in [0.29, 0.717) is 11.2 Å². The number of nitrogens with one attached hydrogen (secondary N) is 1. The molecule has 2 aromatic rings. The van der Waals surface area contributed by atoms with Crippen LogP contribution in [0.15, 0.2) is 18.2 Å². The number of hydrogen-bond acceptors (Lipinski definition) is 4. The number of hydrogen-bond donors (Lipinski definition) is 1. The summed E-state index contributed by atoms with van der Waals surface area (Å²) in [7, 11) is 3.31. The Bertz CT molecular complexity index is 680. The van der Waals surface area contributed by atoms with Crippen molar-refractivity contribution in [3.8, 4) is 17.0 Å². The topological polar surface area (TPSA) is 47.1 Å². The molecule has 0 saturated carbocycles. The maximum absolute atomic E-state index is 5.34. The van der Waals surface area contributed by atoms with Gasteiger partial charge in [-0.25, -0.2) is 4.98 Å². The monoisotopic (exact) mass is 290 g/mol. The van der Waals surface area contributed by atoms with Crippen molar-refractivity contribution in [2.75, 3.05) is 14.2 Å². The summed E-state index contributed by atoms with van der Waals surface area (Å²) >= 11 is 5.21. The van der Waals surface area contributed by atoms with Crippen molar-refractivity contribution in [2.24, 2.45) is 0 Å². The Balaban J connectivity index is 2.56. The summed E-state index contributed by atoms with van der Waals surface area (Å²) in [6, 6.07) is 5.98. The van der Waals surface area contributed by atoms with Gasteiger partial charge in [-0.3, -0.25) is 0 Å².